The molecule has 94 valence electrons. The maximum Gasteiger partial charge on any atom is 0.273 e. The molecular formula is C12H14N4O2. The van der Waals surface area contributed by atoms with Crippen molar-refractivity contribution in [2.75, 3.05) is 11.9 Å². The van der Waals surface area contributed by atoms with E-state index in [1.165, 1.54) is 12.1 Å². The number of hydrogen-bond donors (Lipinski definition) is 1. The lowest BCUT2D eigenvalue weighted by atomic mass is 10.2. The number of nitro benzene ring substituents is 1. The number of aromatic nitrogens is 2. The second kappa shape index (κ2) is 4.87. The van der Waals surface area contributed by atoms with E-state index in [9.17, 15) is 10.1 Å². The molecule has 2 aromatic rings. The number of anilines is 1. The van der Waals surface area contributed by atoms with Gasteiger partial charge in [0.1, 0.15) is 0 Å². The lowest BCUT2D eigenvalue weighted by Crippen LogP contribution is -2.01. The van der Waals surface area contributed by atoms with Crippen molar-refractivity contribution in [3.05, 3.63) is 46.3 Å². The molecule has 6 heteroatoms. The van der Waals surface area contributed by atoms with Crippen LogP contribution in [-0.2, 0) is 0 Å². The van der Waals surface area contributed by atoms with E-state index < -0.39 is 4.92 Å². The van der Waals surface area contributed by atoms with Crippen LogP contribution < -0.4 is 5.32 Å². The number of hydrogen-bond acceptors (Lipinski definition) is 4. The van der Waals surface area contributed by atoms with E-state index in [2.05, 4.69) is 10.4 Å². The van der Waals surface area contributed by atoms with Crippen LogP contribution in [0.1, 0.15) is 12.5 Å². The highest BCUT2D eigenvalue weighted by Gasteiger charge is 2.11. The summed E-state index contributed by atoms with van der Waals surface area (Å²) in [6, 6.07) is 4.86. The van der Waals surface area contributed by atoms with Crippen LogP contribution in [0.4, 0.5) is 11.4 Å². The van der Waals surface area contributed by atoms with Crippen molar-refractivity contribution in [3.63, 3.8) is 0 Å². The fraction of sp³-hybridized carbons (Fsp3) is 0.250. The molecule has 18 heavy (non-hydrogen) atoms. The molecule has 1 aromatic carbocycles. The van der Waals surface area contributed by atoms with Crippen LogP contribution >= 0.6 is 0 Å². The molecule has 1 aromatic heterocycles. The Hall–Kier alpha value is -2.37. The van der Waals surface area contributed by atoms with Crippen LogP contribution in [-0.4, -0.2) is 21.2 Å². The van der Waals surface area contributed by atoms with Gasteiger partial charge in [0.2, 0.25) is 0 Å². The Kier molecular flexibility index (Phi) is 3.27. The fourth-order valence-electron chi connectivity index (χ4n) is 1.69. The first-order valence-electron chi connectivity index (χ1n) is 5.65. The first-order valence-corrected chi connectivity index (χ1v) is 5.65. The molecule has 6 nitrogen and oxygen atoms in total. The molecule has 0 aliphatic rings. The molecule has 0 saturated heterocycles. The predicted octanol–water partition coefficient (Wildman–Crippen LogP) is 2.52. The molecule has 0 radical (unpaired) electrons. The van der Waals surface area contributed by atoms with Crippen molar-refractivity contribution >= 4 is 11.4 Å². The molecule has 0 bridgehead atoms. The third-order valence-corrected chi connectivity index (χ3v) is 2.47. The molecule has 0 fully saturated rings. The highest BCUT2D eigenvalue weighted by atomic mass is 16.6. The second-order valence-electron chi connectivity index (χ2n) is 3.99. The quantitative estimate of drug-likeness (QED) is 0.664. The lowest BCUT2D eigenvalue weighted by Gasteiger charge is -2.07. The van der Waals surface area contributed by atoms with E-state index in [0.29, 0.717) is 12.2 Å². The number of nitro groups is 1. The Morgan fingerprint density at radius 3 is 2.78 bits per heavy atom. The first-order chi connectivity index (χ1) is 8.60. The van der Waals surface area contributed by atoms with E-state index in [-0.39, 0.29) is 5.69 Å². The van der Waals surface area contributed by atoms with E-state index in [1.54, 1.807) is 10.9 Å². The van der Waals surface area contributed by atoms with Gasteiger partial charge in [0.15, 0.2) is 0 Å². The van der Waals surface area contributed by atoms with Crippen LogP contribution in [0.2, 0.25) is 0 Å². The average Bonchev–Trinajstić information content (AvgIpc) is 2.76. The summed E-state index contributed by atoms with van der Waals surface area (Å²) < 4.78 is 1.63. The number of rotatable bonds is 4. The van der Waals surface area contributed by atoms with Crippen molar-refractivity contribution in [1.82, 2.24) is 9.78 Å². The standard InChI is InChI=1S/C12H14N4O2/c1-3-13-10-4-11(6-12(5-10)16(17)18)15-8-9(2)7-14-15/h4-8,13H,3H2,1-2H3. The van der Waals surface area contributed by atoms with Crippen LogP contribution in [0.5, 0.6) is 0 Å². The number of nitrogens with zero attached hydrogens (tertiary/aromatic N) is 3. The summed E-state index contributed by atoms with van der Waals surface area (Å²) in [5.74, 6) is 0. The minimum atomic E-state index is -0.402. The Labute approximate surface area is 104 Å². The molecule has 1 N–H and O–H groups in total. The summed E-state index contributed by atoms with van der Waals surface area (Å²) in [6.07, 6.45) is 3.54. The van der Waals surface area contributed by atoms with E-state index in [0.717, 1.165) is 11.3 Å². The summed E-state index contributed by atoms with van der Waals surface area (Å²) in [4.78, 5) is 10.5. The van der Waals surface area contributed by atoms with Crippen LogP contribution in [0, 0.1) is 17.0 Å². The largest absolute Gasteiger partial charge is 0.385 e. The Balaban J connectivity index is 2.49. The molecule has 1 heterocycles. The zero-order valence-corrected chi connectivity index (χ0v) is 10.3. The summed E-state index contributed by atoms with van der Waals surface area (Å²) in [7, 11) is 0. The van der Waals surface area contributed by atoms with E-state index in [1.807, 2.05) is 26.1 Å². The van der Waals surface area contributed by atoms with Gasteiger partial charge in [-0.1, -0.05) is 0 Å². The van der Waals surface area contributed by atoms with Gasteiger partial charge in [0.25, 0.3) is 5.69 Å². The second-order valence-corrected chi connectivity index (χ2v) is 3.99. The molecule has 0 unspecified atom stereocenters. The van der Waals surface area contributed by atoms with Gasteiger partial charge in [0, 0.05) is 30.6 Å². The van der Waals surface area contributed by atoms with Gasteiger partial charge in [-0.05, 0) is 25.5 Å². The monoisotopic (exact) mass is 246 g/mol. The Morgan fingerprint density at radius 2 is 2.22 bits per heavy atom. The van der Waals surface area contributed by atoms with Crippen molar-refractivity contribution in [3.8, 4) is 5.69 Å². The third kappa shape index (κ3) is 2.48. The molecule has 0 saturated carbocycles. The van der Waals surface area contributed by atoms with Gasteiger partial charge < -0.3 is 5.32 Å². The molecule has 0 atom stereocenters. The Morgan fingerprint density at radius 1 is 1.44 bits per heavy atom. The molecule has 0 spiro atoms. The van der Waals surface area contributed by atoms with Gasteiger partial charge in [-0.25, -0.2) is 4.68 Å². The molecule has 0 aliphatic heterocycles. The highest BCUT2D eigenvalue weighted by Crippen LogP contribution is 2.23. The summed E-state index contributed by atoms with van der Waals surface area (Å²) in [5, 5.41) is 18.1. The van der Waals surface area contributed by atoms with Crippen molar-refractivity contribution in [2.24, 2.45) is 0 Å². The highest BCUT2D eigenvalue weighted by molar-refractivity contribution is 5.58. The maximum atomic E-state index is 10.9. The number of nitrogens with one attached hydrogen (secondary N) is 1. The molecule has 2 rings (SSSR count). The zero-order valence-electron chi connectivity index (χ0n) is 10.3. The minimum Gasteiger partial charge on any atom is -0.385 e. The van der Waals surface area contributed by atoms with Gasteiger partial charge >= 0.3 is 0 Å². The lowest BCUT2D eigenvalue weighted by molar-refractivity contribution is -0.384. The number of benzene rings is 1. The van der Waals surface area contributed by atoms with Gasteiger partial charge in [0.05, 0.1) is 16.8 Å². The summed E-state index contributed by atoms with van der Waals surface area (Å²) in [5.41, 5.74) is 2.45. The molecule has 0 aliphatic carbocycles. The van der Waals surface area contributed by atoms with E-state index >= 15 is 0 Å². The van der Waals surface area contributed by atoms with Crippen LogP contribution in [0.25, 0.3) is 5.69 Å². The topological polar surface area (TPSA) is 73.0 Å². The van der Waals surface area contributed by atoms with Gasteiger partial charge in [-0.3, -0.25) is 10.1 Å². The van der Waals surface area contributed by atoms with Gasteiger partial charge in [-0.15, -0.1) is 0 Å². The molecule has 0 amide bonds. The third-order valence-electron chi connectivity index (χ3n) is 2.47. The molecular weight excluding hydrogens is 232 g/mol. The summed E-state index contributed by atoms with van der Waals surface area (Å²) >= 11 is 0. The zero-order chi connectivity index (χ0) is 13.1. The number of aryl methyl sites for hydroxylation is 1. The van der Waals surface area contributed by atoms with Crippen molar-refractivity contribution < 1.29 is 4.92 Å². The van der Waals surface area contributed by atoms with Crippen molar-refractivity contribution in [1.29, 1.82) is 0 Å². The normalized spacial score (nSPS) is 10.3. The Bertz CT molecular complexity index is 577. The SMILES string of the molecule is CCNc1cc(-n2cc(C)cn2)cc([N+](=O)[O-])c1. The van der Waals surface area contributed by atoms with Crippen LogP contribution in [0.3, 0.4) is 0 Å². The van der Waals surface area contributed by atoms with Crippen molar-refractivity contribution in [2.45, 2.75) is 13.8 Å². The van der Waals surface area contributed by atoms with E-state index in [4.69, 9.17) is 0 Å². The van der Waals surface area contributed by atoms with Crippen LogP contribution in [0.15, 0.2) is 30.6 Å². The first kappa shape index (κ1) is 12.1. The smallest absolute Gasteiger partial charge is 0.273 e. The average molecular weight is 246 g/mol. The van der Waals surface area contributed by atoms with Gasteiger partial charge in [-0.2, -0.15) is 5.10 Å². The minimum absolute atomic E-state index is 0.0524. The predicted molar refractivity (Wildman–Crippen MR) is 69.1 cm³/mol. The fourth-order valence-corrected chi connectivity index (χ4v) is 1.69. The number of non-ortho nitro benzene ring substituents is 1. The maximum absolute atomic E-state index is 10.9. The summed E-state index contributed by atoms with van der Waals surface area (Å²) in [6.45, 7) is 4.57.